The molecule has 0 bridgehead atoms. The van der Waals surface area contributed by atoms with Crippen LogP contribution in [0, 0.1) is 5.92 Å². The Morgan fingerprint density at radius 1 is 1.25 bits per heavy atom. The minimum absolute atomic E-state index is 0.0501. The molecule has 3 aromatic rings. The van der Waals surface area contributed by atoms with Crippen molar-refractivity contribution in [2.45, 2.75) is 43.6 Å². The van der Waals surface area contributed by atoms with Crippen LogP contribution in [0.25, 0.3) is 5.78 Å². The Hall–Kier alpha value is -2.72. The van der Waals surface area contributed by atoms with Crippen LogP contribution in [-0.2, 0) is 10.0 Å². The van der Waals surface area contributed by atoms with Gasteiger partial charge in [-0.3, -0.25) is 0 Å². The number of primary sulfonamides is 1. The zero-order valence-electron chi connectivity index (χ0n) is 15.4. The molecule has 9 nitrogen and oxygen atoms in total. The zero-order chi connectivity index (χ0) is 19.7. The summed E-state index contributed by atoms with van der Waals surface area (Å²) in [5.74, 6) is 2.17. The minimum atomic E-state index is -3.73. The van der Waals surface area contributed by atoms with Crippen LogP contribution in [0.3, 0.4) is 0 Å². The highest BCUT2D eigenvalue weighted by Crippen LogP contribution is 2.28. The molecule has 0 amide bonds. The van der Waals surface area contributed by atoms with E-state index in [1.807, 2.05) is 0 Å². The van der Waals surface area contributed by atoms with Gasteiger partial charge in [-0.05, 0) is 49.4 Å². The van der Waals surface area contributed by atoms with Crippen LogP contribution in [0.4, 0.5) is 11.5 Å². The zero-order valence-corrected chi connectivity index (χ0v) is 16.3. The van der Waals surface area contributed by atoms with Gasteiger partial charge in [0.05, 0.1) is 4.90 Å². The molecule has 148 valence electrons. The molecule has 28 heavy (non-hydrogen) atoms. The SMILES string of the molecule is C[C@H]1CCCC(Oc2cc(Nc3ccc(S(N)(=O)=O)cc3)n3ncnc3n2)C1. The van der Waals surface area contributed by atoms with Crippen LogP contribution in [-0.4, -0.2) is 34.1 Å². The standard InChI is InChI=1S/C18H22N6O3S/c1-12-3-2-4-14(9-12)27-17-10-16(24-18(23-17)20-11-21-24)22-13-5-7-15(8-6-13)28(19,25)26/h5-8,10-12,14,22H,2-4,9H2,1H3,(H2,19,25,26)/t12-,14?/m0/s1. The normalized spacial score (nSPS) is 20.2. The van der Waals surface area contributed by atoms with Gasteiger partial charge in [0.15, 0.2) is 0 Å². The van der Waals surface area contributed by atoms with Crippen LogP contribution < -0.4 is 15.2 Å². The molecule has 1 unspecified atom stereocenters. The molecule has 1 fully saturated rings. The Labute approximate surface area is 163 Å². The quantitative estimate of drug-likeness (QED) is 0.671. The molecular formula is C18H22N6O3S. The van der Waals surface area contributed by atoms with Crippen molar-refractivity contribution in [2.75, 3.05) is 5.32 Å². The number of fused-ring (bicyclic) bond motifs is 1. The Kier molecular flexibility index (Phi) is 4.90. The highest BCUT2D eigenvalue weighted by molar-refractivity contribution is 7.89. The van der Waals surface area contributed by atoms with E-state index in [0.717, 1.165) is 19.3 Å². The van der Waals surface area contributed by atoms with Crippen LogP contribution >= 0.6 is 0 Å². The van der Waals surface area contributed by atoms with Gasteiger partial charge in [-0.25, -0.2) is 13.6 Å². The third kappa shape index (κ3) is 4.07. The van der Waals surface area contributed by atoms with Gasteiger partial charge in [-0.1, -0.05) is 13.3 Å². The van der Waals surface area contributed by atoms with Crippen LogP contribution in [0.15, 0.2) is 41.6 Å². The van der Waals surface area contributed by atoms with Crippen molar-refractivity contribution in [1.82, 2.24) is 19.6 Å². The summed E-state index contributed by atoms with van der Waals surface area (Å²) in [4.78, 5) is 8.65. The summed E-state index contributed by atoms with van der Waals surface area (Å²) in [6, 6.07) is 7.92. The predicted octanol–water partition coefficient (Wildman–Crippen LogP) is 2.47. The first-order valence-electron chi connectivity index (χ1n) is 9.16. The van der Waals surface area contributed by atoms with Crippen molar-refractivity contribution in [3.8, 4) is 5.88 Å². The van der Waals surface area contributed by atoms with E-state index in [4.69, 9.17) is 9.88 Å². The van der Waals surface area contributed by atoms with E-state index in [0.29, 0.717) is 29.1 Å². The number of hydrogen-bond acceptors (Lipinski definition) is 7. The summed E-state index contributed by atoms with van der Waals surface area (Å²) >= 11 is 0. The number of nitrogens with one attached hydrogen (secondary N) is 1. The summed E-state index contributed by atoms with van der Waals surface area (Å²) in [5.41, 5.74) is 0.674. The second-order valence-electron chi connectivity index (χ2n) is 7.16. The first kappa shape index (κ1) is 18.6. The molecule has 0 aliphatic heterocycles. The maximum atomic E-state index is 11.4. The largest absolute Gasteiger partial charge is 0.474 e. The molecule has 2 aromatic heterocycles. The van der Waals surface area contributed by atoms with Crippen molar-refractivity contribution in [3.63, 3.8) is 0 Å². The number of nitrogens with two attached hydrogens (primary N) is 1. The van der Waals surface area contributed by atoms with E-state index >= 15 is 0 Å². The first-order valence-corrected chi connectivity index (χ1v) is 10.7. The lowest BCUT2D eigenvalue weighted by Crippen LogP contribution is -2.24. The molecule has 1 aliphatic carbocycles. The van der Waals surface area contributed by atoms with E-state index < -0.39 is 10.0 Å². The number of rotatable bonds is 5. The highest BCUT2D eigenvalue weighted by atomic mass is 32.2. The Bertz CT molecular complexity index is 1080. The summed E-state index contributed by atoms with van der Waals surface area (Å²) in [7, 11) is -3.73. The lowest BCUT2D eigenvalue weighted by Gasteiger charge is -2.27. The second-order valence-corrected chi connectivity index (χ2v) is 8.72. The molecule has 1 aromatic carbocycles. The lowest BCUT2D eigenvalue weighted by atomic mass is 9.89. The number of sulfonamides is 1. The molecule has 2 atom stereocenters. The van der Waals surface area contributed by atoms with Crippen molar-refractivity contribution in [1.29, 1.82) is 0 Å². The maximum absolute atomic E-state index is 11.4. The fraction of sp³-hybridized carbons (Fsp3) is 0.389. The van der Waals surface area contributed by atoms with E-state index in [1.54, 1.807) is 22.7 Å². The molecule has 0 spiro atoms. The van der Waals surface area contributed by atoms with Crippen molar-refractivity contribution in [2.24, 2.45) is 11.1 Å². The Morgan fingerprint density at radius 2 is 2.04 bits per heavy atom. The van der Waals surface area contributed by atoms with Gasteiger partial charge in [0.2, 0.25) is 15.9 Å². The number of benzene rings is 1. The highest BCUT2D eigenvalue weighted by Gasteiger charge is 2.21. The molecule has 0 radical (unpaired) electrons. The fourth-order valence-electron chi connectivity index (χ4n) is 3.47. The molecule has 1 aliphatic rings. The van der Waals surface area contributed by atoms with Crippen LogP contribution in [0.1, 0.15) is 32.6 Å². The minimum Gasteiger partial charge on any atom is -0.474 e. The number of anilines is 2. The Balaban J connectivity index is 1.60. The number of hydrogen-bond donors (Lipinski definition) is 2. The molecule has 10 heteroatoms. The molecule has 0 saturated heterocycles. The third-order valence-corrected chi connectivity index (χ3v) is 5.79. The molecule has 3 N–H and O–H groups in total. The topological polar surface area (TPSA) is 124 Å². The van der Waals surface area contributed by atoms with E-state index in [9.17, 15) is 8.42 Å². The lowest BCUT2D eigenvalue weighted by molar-refractivity contribution is 0.124. The molecule has 4 rings (SSSR count). The molecule has 2 heterocycles. The van der Waals surface area contributed by atoms with Gasteiger partial charge in [-0.2, -0.15) is 19.6 Å². The van der Waals surface area contributed by atoms with E-state index in [2.05, 4.69) is 27.3 Å². The van der Waals surface area contributed by atoms with Gasteiger partial charge in [0, 0.05) is 11.8 Å². The van der Waals surface area contributed by atoms with Gasteiger partial charge in [-0.15, -0.1) is 0 Å². The van der Waals surface area contributed by atoms with Crippen LogP contribution in [0.2, 0.25) is 0 Å². The number of aromatic nitrogens is 4. The van der Waals surface area contributed by atoms with E-state index in [1.165, 1.54) is 24.9 Å². The number of ether oxygens (including phenoxy) is 1. The number of nitrogens with zero attached hydrogens (tertiary/aromatic N) is 4. The second kappa shape index (κ2) is 7.36. The van der Waals surface area contributed by atoms with Crippen molar-refractivity contribution in [3.05, 3.63) is 36.7 Å². The first-order chi connectivity index (χ1) is 13.4. The van der Waals surface area contributed by atoms with Gasteiger partial charge < -0.3 is 10.1 Å². The van der Waals surface area contributed by atoms with Gasteiger partial charge >= 0.3 is 0 Å². The molecule has 1 saturated carbocycles. The predicted molar refractivity (Wildman–Crippen MR) is 104 cm³/mol. The summed E-state index contributed by atoms with van der Waals surface area (Å²) in [5, 5.41) is 12.5. The summed E-state index contributed by atoms with van der Waals surface area (Å²) in [6.07, 6.45) is 5.98. The van der Waals surface area contributed by atoms with Gasteiger partial charge in [0.25, 0.3) is 5.78 Å². The average molecular weight is 402 g/mol. The third-order valence-electron chi connectivity index (χ3n) is 4.86. The van der Waals surface area contributed by atoms with Crippen molar-refractivity contribution < 1.29 is 13.2 Å². The van der Waals surface area contributed by atoms with Crippen molar-refractivity contribution >= 4 is 27.3 Å². The Morgan fingerprint density at radius 3 is 2.75 bits per heavy atom. The van der Waals surface area contributed by atoms with Crippen LogP contribution in [0.5, 0.6) is 5.88 Å². The van der Waals surface area contributed by atoms with E-state index in [-0.39, 0.29) is 11.0 Å². The summed E-state index contributed by atoms with van der Waals surface area (Å²) < 4.78 is 30.5. The smallest absolute Gasteiger partial charge is 0.257 e. The summed E-state index contributed by atoms with van der Waals surface area (Å²) in [6.45, 7) is 2.24. The maximum Gasteiger partial charge on any atom is 0.257 e. The molecular weight excluding hydrogens is 380 g/mol. The fourth-order valence-corrected chi connectivity index (χ4v) is 3.99. The average Bonchev–Trinajstić information content (AvgIpc) is 3.10. The monoisotopic (exact) mass is 402 g/mol. The van der Waals surface area contributed by atoms with Gasteiger partial charge in [0.1, 0.15) is 18.2 Å².